The Hall–Kier alpha value is -2.10. The molecule has 3 heterocycles. The van der Waals surface area contributed by atoms with E-state index in [1.807, 2.05) is 40.9 Å². The fourth-order valence-electron chi connectivity index (χ4n) is 2.47. The second-order valence-electron chi connectivity index (χ2n) is 5.75. The second kappa shape index (κ2) is 10.8. The third-order valence-electron chi connectivity index (χ3n) is 3.83. The number of halogens is 1. The predicted molar refractivity (Wildman–Crippen MR) is 113 cm³/mol. The van der Waals surface area contributed by atoms with Gasteiger partial charge in [0.2, 0.25) is 0 Å². The van der Waals surface area contributed by atoms with Crippen molar-refractivity contribution < 1.29 is 4.42 Å². The van der Waals surface area contributed by atoms with Gasteiger partial charge >= 0.3 is 0 Å². The van der Waals surface area contributed by atoms with Crippen molar-refractivity contribution in [1.29, 1.82) is 0 Å². The smallest absolute Gasteiger partial charge is 0.191 e. The Balaban J connectivity index is 0.00000243. The molecule has 0 radical (unpaired) electrons. The monoisotopic (exact) mass is 468 g/mol. The summed E-state index contributed by atoms with van der Waals surface area (Å²) in [5.74, 6) is 2.56. The molecule has 0 fully saturated rings. The highest BCUT2D eigenvalue weighted by Gasteiger charge is 2.05. The third kappa shape index (κ3) is 5.72. The number of nitrogens with zero attached hydrogens (tertiary/aromatic N) is 4. The topological polar surface area (TPSA) is 79.8 Å². The predicted octanol–water partition coefficient (Wildman–Crippen LogP) is 3.02. The summed E-state index contributed by atoms with van der Waals surface area (Å²) in [5.41, 5.74) is 0.832. The van der Waals surface area contributed by atoms with Gasteiger partial charge in [0.25, 0.3) is 0 Å². The number of aromatic nitrogens is 3. The first-order valence-electron chi connectivity index (χ1n) is 8.70. The van der Waals surface area contributed by atoms with E-state index in [9.17, 15) is 0 Å². The summed E-state index contributed by atoms with van der Waals surface area (Å²) < 4.78 is 7.31. The molecule has 3 aromatic heterocycles. The Morgan fingerprint density at radius 3 is 2.85 bits per heavy atom. The molecule has 2 N–H and O–H groups in total. The van der Waals surface area contributed by atoms with Crippen LogP contribution in [0.5, 0.6) is 0 Å². The molecule has 8 heteroatoms. The number of fused-ring (bicyclic) bond motifs is 1. The van der Waals surface area contributed by atoms with E-state index in [-0.39, 0.29) is 24.0 Å². The Morgan fingerprint density at radius 2 is 2.04 bits per heavy atom. The van der Waals surface area contributed by atoms with Gasteiger partial charge in [-0.3, -0.25) is 4.40 Å². The van der Waals surface area contributed by atoms with Gasteiger partial charge in [0.05, 0.1) is 6.26 Å². The van der Waals surface area contributed by atoms with Gasteiger partial charge < -0.3 is 15.1 Å². The van der Waals surface area contributed by atoms with Gasteiger partial charge in [0, 0.05) is 25.7 Å². The van der Waals surface area contributed by atoms with Crippen LogP contribution in [0.2, 0.25) is 0 Å². The summed E-state index contributed by atoms with van der Waals surface area (Å²) in [6, 6.07) is 9.73. The molecule has 3 aromatic rings. The molecule has 26 heavy (non-hydrogen) atoms. The summed E-state index contributed by atoms with van der Waals surface area (Å²) in [7, 11) is 0. The van der Waals surface area contributed by atoms with Crippen molar-refractivity contribution in [3.63, 3.8) is 0 Å². The van der Waals surface area contributed by atoms with Crippen molar-refractivity contribution in [2.45, 2.75) is 32.7 Å². The molecule has 0 amide bonds. The Kier molecular flexibility index (Phi) is 8.39. The molecule has 140 valence electrons. The summed E-state index contributed by atoms with van der Waals surface area (Å²) >= 11 is 0. The number of aliphatic imine (C=N–C) groups is 1. The van der Waals surface area contributed by atoms with Gasteiger partial charge in [0.1, 0.15) is 12.3 Å². The molecule has 0 bridgehead atoms. The van der Waals surface area contributed by atoms with Crippen molar-refractivity contribution in [2.75, 3.05) is 13.1 Å². The number of hydrogen-bond acceptors (Lipinski definition) is 4. The van der Waals surface area contributed by atoms with E-state index >= 15 is 0 Å². The largest absolute Gasteiger partial charge is 0.469 e. The van der Waals surface area contributed by atoms with E-state index in [1.165, 1.54) is 0 Å². The zero-order chi connectivity index (χ0) is 17.3. The molecule has 0 saturated heterocycles. The number of pyridine rings is 1. The fraction of sp³-hybridized carbons (Fsp3) is 0.389. The molecule has 0 unspecified atom stereocenters. The van der Waals surface area contributed by atoms with Crippen LogP contribution in [0.3, 0.4) is 0 Å². The van der Waals surface area contributed by atoms with Crippen LogP contribution in [-0.4, -0.2) is 33.6 Å². The summed E-state index contributed by atoms with van der Waals surface area (Å²) in [6.07, 6.45) is 6.71. The molecule has 0 aliphatic heterocycles. The van der Waals surface area contributed by atoms with E-state index in [4.69, 9.17) is 4.42 Å². The number of rotatable bonds is 8. The maximum atomic E-state index is 5.36. The van der Waals surface area contributed by atoms with Crippen LogP contribution >= 0.6 is 24.0 Å². The van der Waals surface area contributed by atoms with Crippen LogP contribution in [0.4, 0.5) is 0 Å². The zero-order valence-corrected chi connectivity index (χ0v) is 17.2. The lowest BCUT2D eigenvalue weighted by Crippen LogP contribution is -2.39. The second-order valence-corrected chi connectivity index (χ2v) is 5.75. The van der Waals surface area contributed by atoms with E-state index in [0.717, 1.165) is 55.5 Å². The Labute approximate surface area is 170 Å². The van der Waals surface area contributed by atoms with Gasteiger partial charge in [-0.05, 0) is 30.7 Å². The quantitative estimate of drug-likeness (QED) is 0.230. The van der Waals surface area contributed by atoms with Gasteiger partial charge in [0.15, 0.2) is 17.4 Å². The zero-order valence-electron chi connectivity index (χ0n) is 14.9. The normalized spacial score (nSPS) is 11.3. The highest BCUT2D eigenvalue weighted by Crippen LogP contribution is 2.04. The molecular weight excluding hydrogens is 443 g/mol. The Bertz CT molecular complexity index is 799. The lowest BCUT2D eigenvalue weighted by Gasteiger charge is -2.11. The van der Waals surface area contributed by atoms with Crippen molar-refractivity contribution in [2.24, 2.45) is 4.99 Å². The SMILES string of the molecule is CCCCNC(=NCc1nnc2ccccn12)NCCc1ccco1.I. The van der Waals surface area contributed by atoms with E-state index in [2.05, 4.69) is 32.7 Å². The van der Waals surface area contributed by atoms with Crippen LogP contribution < -0.4 is 10.6 Å². The molecule has 0 spiro atoms. The maximum Gasteiger partial charge on any atom is 0.191 e. The van der Waals surface area contributed by atoms with Gasteiger partial charge in [-0.2, -0.15) is 0 Å². The number of guanidine groups is 1. The molecule has 0 aliphatic carbocycles. The van der Waals surface area contributed by atoms with Crippen molar-refractivity contribution in [1.82, 2.24) is 25.2 Å². The third-order valence-corrected chi connectivity index (χ3v) is 3.83. The molecule has 0 aliphatic rings. The van der Waals surface area contributed by atoms with Crippen LogP contribution in [0.1, 0.15) is 31.4 Å². The van der Waals surface area contributed by atoms with Crippen LogP contribution in [0.15, 0.2) is 52.2 Å². The molecule has 7 nitrogen and oxygen atoms in total. The first-order valence-corrected chi connectivity index (χ1v) is 8.70. The summed E-state index contributed by atoms with van der Waals surface area (Å²) in [6.45, 7) is 4.29. The number of unbranched alkanes of at least 4 members (excludes halogenated alkanes) is 1. The maximum absolute atomic E-state index is 5.36. The molecule has 0 atom stereocenters. The van der Waals surface area contributed by atoms with Crippen LogP contribution in [0, 0.1) is 0 Å². The van der Waals surface area contributed by atoms with Gasteiger partial charge in [-0.25, -0.2) is 4.99 Å². The average molecular weight is 468 g/mol. The van der Waals surface area contributed by atoms with Gasteiger partial charge in [-0.1, -0.05) is 19.4 Å². The number of furan rings is 1. The minimum absolute atomic E-state index is 0. The van der Waals surface area contributed by atoms with Gasteiger partial charge in [-0.15, -0.1) is 34.2 Å². The minimum Gasteiger partial charge on any atom is -0.469 e. The van der Waals surface area contributed by atoms with E-state index < -0.39 is 0 Å². The fourth-order valence-corrected chi connectivity index (χ4v) is 2.47. The molecule has 3 rings (SSSR count). The summed E-state index contributed by atoms with van der Waals surface area (Å²) in [4.78, 5) is 4.65. The van der Waals surface area contributed by atoms with E-state index in [0.29, 0.717) is 6.54 Å². The Morgan fingerprint density at radius 1 is 1.15 bits per heavy atom. The standard InChI is InChI=1S/C18H24N6O.HI/c1-2-3-10-19-18(20-11-9-15-7-6-13-25-15)21-14-17-23-22-16-8-4-5-12-24(16)17;/h4-8,12-13H,2-3,9-11,14H2,1H3,(H2,19,20,21);1H. The lowest BCUT2D eigenvalue weighted by atomic mass is 10.3. The average Bonchev–Trinajstić information content (AvgIpc) is 3.29. The molecule has 0 aromatic carbocycles. The highest BCUT2D eigenvalue weighted by atomic mass is 127. The van der Waals surface area contributed by atoms with Crippen LogP contribution in [-0.2, 0) is 13.0 Å². The van der Waals surface area contributed by atoms with Crippen molar-refractivity contribution in [3.8, 4) is 0 Å². The highest BCUT2D eigenvalue weighted by molar-refractivity contribution is 14.0. The molecular formula is C18H25IN6O. The minimum atomic E-state index is 0. The summed E-state index contributed by atoms with van der Waals surface area (Å²) in [5, 5.41) is 15.1. The van der Waals surface area contributed by atoms with Crippen molar-refractivity contribution >= 4 is 35.6 Å². The van der Waals surface area contributed by atoms with Crippen LogP contribution in [0.25, 0.3) is 5.65 Å². The van der Waals surface area contributed by atoms with Crippen molar-refractivity contribution in [3.05, 3.63) is 54.4 Å². The number of hydrogen-bond donors (Lipinski definition) is 2. The lowest BCUT2D eigenvalue weighted by molar-refractivity contribution is 0.506. The number of nitrogens with one attached hydrogen (secondary N) is 2. The first-order chi connectivity index (χ1) is 12.4. The van der Waals surface area contributed by atoms with E-state index in [1.54, 1.807) is 6.26 Å². The first kappa shape index (κ1) is 20.2. The molecule has 0 saturated carbocycles.